The van der Waals surface area contributed by atoms with Gasteiger partial charge in [-0.15, -0.1) is 13.2 Å². The van der Waals surface area contributed by atoms with Crippen molar-refractivity contribution >= 4 is 15.9 Å². The molecule has 0 aliphatic carbocycles. The molecule has 1 aromatic rings. The van der Waals surface area contributed by atoms with Gasteiger partial charge in [0.2, 0.25) is 0 Å². The topological polar surface area (TPSA) is 9.23 Å². The van der Waals surface area contributed by atoms with Crippen molar-refractivity contribution in [3.05, 3.63) is 29.3 Å². The van der Waals surface area contributed by atoms with Crippen LogP contribution in [-0.2, 0) is 12.8 Å². The van der Waals surface area contributed by atoms with Crippen molar-refractivity contribution in [3.8, 4) is 5.75 Å². The molecule has 96 valence electrons. The van der Waals surface area contributed by atoms with Gasteiger partial charge in [-0.1, -0.05) is 35.0 Å². The summed E-state index contributed by atoms with van der Waals surface area (Å²) < 4.78 is 40.7. The zero-order valence-electron chi connectivity index (χ0n) is 9.48. The summed E-state index contributed by atoms with van der Waals surface area (Å²) in [5.74, 6) is -0.0768. The molecule has 0 amide bonds. The van der Waals surface area contributed by atoms with E-state index in [1.54, 1.807) is 13.0 Å². The lowest BCUT2D eigenvalue weighted by Crippen LogP contribution is -2.18. The lowest BCUT2D eigenvalue weighted by atomic mass is 10.1. The largest absolute Gasteiger partial charge is 0.573 e. The molecule has 1 rings (SSSR count). The quantitative estimate of drug-likeness (QED) is 0.729. The van der Waals surface area contributed by atoms with Gasteiger partial charge >= 0.3 is 6.36 Å². The van der Waals surface area contributed by atoms with E-state index < -0.39 is 6.36 Å². The number of aryl methyl sites for hydroxylation is 2. The summed E-state index contributed by atoms with van der Waals surface area (Å²) in [6.07, 6.45) is -2.48. The Balaban J connectivity index is 2.90. The smallest absolute Gasteiger partial charge is 0.405 e. The number of ether oxygens (including phenoxy) is 1. The van der Waals surface area contributed by atoms with E-state index in [9.17, 15) is 13.2 Å². The van der Waals surface area contributed by atoms with E-state index >= 15 is 0 Å². The summed E-state index contributed by atoms with van der Waals surface area (Å²) in [6, 6.07) is 5.03. The van der Waals surface area contributed by atoms with Crippen LogP contribution in [0, 0.1) is 0 Å². The van der Waals surface area contributed by atoms with Crippen LogP contribution in [0.25, 0.3) is 0 Å². The second-order valence-electron chi connectivity index (χ2n) is 3.64. The highest BCUT2D eigenvalue weighted by Crippen LogP contribution is 2.28. The molecule has 0 unspecified atom stereocenters. The van der Waals surface area contributed by atoms with Gasteiger partial charge in [0, 0.05) is 5.33 Å². The van der Waals surface area contributed by atoms with Crippen molar-refractivity contribution in [2.24, 2.45) is 0 Å². The Bertz CT molecular complexity index is 363. The van der Waals surface area contributed by atoms with Crippen molar-refractivity contribution in [1.29, 1.82) is 0 Å². The van der Waals surface area contributed by atoms with Crippen LogP contribution < -0.4 is 4.74 Å². The Morgan fingerprint density at radius 2 is 2.00 bits per heavy atom. The van der Waals surface area contributed by atoms with Crippen molar-refractivity contribution in [2.75, 3.05) is 5.33 Å². The molecule has 0 saturated heterocycles. The Morgan fingerprint density at radius 1 is 1.29 bits per heavy atom. The zero-order valence-corrected chi connectivity index (χ0v) is 11.1. The summed E-state index contributed by atoms with van der Waals surface area (Å²) in [5.41, 5.74) is 1.44. The van der Waals surface area contributed by atoms with Crippen LogP contribution in [0.2, 0.25) is 0 Å². The van der Waals surface area contributed by atoms with E-state index in [0.29, 0.717) is 12.0 Å². The second kappa shape index (κ2) is 6.28. The predicted octanol–water partition coefficient (Wildman–Crippen LogP) is 4.48. The molecule has 0 aromatic heterocycles. The molecule has 0 radical (unpaired) electrons. The molecule has 0 aliphatic heterocycles. The lowest BCUT2D eigenvalue weighted by Gasteiger charge is -2.13. The Kier molecular flexibility index (Phi) is 5.31. The fourth-order valence-corrected chi connectivity index (χ4v) is 1.82. The lowest BCUT2D eigenvalue weighted by molar-refractivity contribution is -0.274. The minimum Gasteiger partial charge on any atom is -0.405 e. The van der Waals surface area contributed by atoms with Crippen LogP contribution in [0.3, 0.4) is 0 Å². The standard InChI is InChI=1S/C12H14BrF3O/c1-2-10-6-5-9(4-3-7-13)8-11(10)17-12(14,15)16/h5-6,8H,2-4,7H2,1H3. The van der Waals surface area contributed by atoms with E-state index in [-0.39, 0.29) is 5.75 Å². The first-order chi connectivity index (χ1) is 7.96. The highest BCUT2D eigenvalue weighted by molar-refractivity contribution is 9.09. The molecule has 0 atom stereocenters. The summed E-state index contributed by atoms with van der Waals surface area (Å²) >= 11 is 3.29. The molecular weight excluding hydrogens is 297 g/mol. The Morgan fingerprint density at radius 3 is 2.53 bits per heavy atom. The van der Waals surface area contributed by atoms with E-state index in [4.69, 9.17) is 0 Å². The molecule has 0 bridgehead atoms. The van der Waals surface area contributed by atoms with Crippen molar-refractivity contribution in [3.63, 3.8) is 0 Å². The zero-order chi connectivity index (χ0) is 12.9. The Labute approximate surface area is 107 Å². The molecular formula is C12H14BrF3O. The number of hydrogen-bond acceptors (Lipinski definition) is 1. The molecule has 0 N–H and O–H groups in total. The molecule has 1 nitrogen and oxygen atoms in total. The number of alkyl halides is 4. The van der Waals surface area contributed by atoms with Crippen LogP contribution in [-0.4, -0.2) is 11.7 Å². The highest BCUT2D eigenvalue weighted by Gasteiger charge is 2.31. The number of rotatable bonds is 5. The van der Waals surface area contributed by atoms with E-state index in [1.807, 2.05) is 6.07 Å². The third kappa shape index (κ3) is 4.98. The summed E-state index contributed by atoms with van der Waals surface area (Å²) in [5, 5.41) is 0.831. The second-order valence-corrected chi connectivity index (χ2v) is 4.43. The van der Waals surface area contributed by atoms with E-state index in [2.05, 4.69) is 20.7 Å². The molecule has 1 aromatic carbocycles. The van der Waals surface area contributed by atoms with Gasteiger partial charge in [0.05, 0.1) is 0 Å². The number of halogens is 4. The van der Waals surface area contributed by atoms with Gasteiger partial charge in [-0.25, -0.2) is 0 Å². The van der Waals surface area contributed by atoms with Crippen LogP contribution in [0.15, 0.2) is 18.2 Å². The maximum atomic E-state index is 12.2. The number of benzene rings is 1. The minimum absolute atomic E-state index is 0.0768. The Hall–Kier alpha value is -0.710. The molecule has 5 heteroatoms. The average molecular weight is 311 g/mol. The van der Waals surface area contributed by atoms with Gasteiger partial charge < -0.3 is 4.74 Å². The van der Waals surface area contributed by atoms with Crippen LogP contribution in [0.4, 0.5) is 13.2 Å². The fourth-order valence-electron chi connectivity index (χ4n) is 1.54. The predicted molar refractivity (Wildman–Crippen MR) is 64.6 cm³/mol. The first-order valence-electron chi connectivity index (χ1n) is 5.39. The minimum atomic E-state index is -4.63. The molecule has 0 spiro atoms. The molecule has 0 aliphatic rings. The molecule has 0 saturated carbocycles. The molecule has 0 fully saturated rings. The third-order valence-electron chi connectivity index (χ3n) is 2.34. The van der Waals surface area contributed by atoms with Gasteiger partial charge in [0.1, 0.15) is 5.75 Å². The van der Waals surface area contributed by atoms with Crippen molar-refractivity contribution in [2.45, 2.75) is 32.5 Å². The van der Waals surface area contributed by atoms with E-state index in [1.165, 1.54) is 6.07 Å². The monoisotopic (exact) mass is 310 g/mol. The van der Waals surface area contributed by atoms with Gasteiger partial charge in [-0.3, -0.25) is 0 Å². The van der Waals surface area contributed by atoms with Crippen molar-refractivity contribution < 1.29 is 17.9 Å². The highest BCUT2D eigenvalue weighted by atomic mass is 79.9. The van der Waals surface area contributed by atoms with Crippen LogP contribution >= 0.6 is 15.9 Å². The third-order valence-corrected chi connectivity index (χ3v) is 2.90. The van der Waals surface area contributed by atoms with Crippen LogP contribution in [0.5, 0.6) is 5.75 Å². The van der Waals surface area contributed by atoms with Gasteiger partial charge in [-0.05, 0) is 36.5 Å². The van der Waals surface area contributed by atoms with Gasteiger partial charge in [0.15, 0.2) is 0 Å². The maximum Gasteiger partial charge on any atom is 0.573 e. The van der Waals surface area contributed by atoms with Gasteiger partial charge in [-0.2, -0.15) is 0 Å². The van der Waals surface area contributed by atoms with Crippen molar-refractivity contribution in [1.82, 2.24) is 0 Å². The SMILES string of the molecule is CCc1ccc(CCCBr)cc1OC(F)(F)F. The first kappa shape index (κ1) is 14.4. The summed E-state index contributed by atoms with van der Waals surface area (Å²) in [4.78, 5) is 0. The molecule has 0 heterocycles. The molecule has 17 heavy (non-hydrogen) atoms. The number of hydrogen-bond donors (Lipinski definition) is 0. The summed E-state index contributed by atoms with van der Waals surface area (Å²) in [6.45, 7) is 1.80. The fraction of sp³-hybridized carbons (Fsp3) is 0.500. The van der Waals surface area contributed by atoms with E-state index in [0.717, 1.165) is 23.7 Å². The van der Waals surface area contributed by atoms with Crippen LogP contribution in [0.1, 0.15) is 24.5 Å². The maximum absolute atomic E-state index is 12.2. The van der Waals surface area contributed by atoms with Gasteiger partial charge in [0.25, 0.3) is 0 Å². The normalized spacial score (nSPS) is 11.6. The average Bonchev–Trinajstić information content (AvgIpc) is 2.24. The first-order valence-corrected chi connectivity index (χ1v) is 6.52. The summed E-state index contributed by atoms with van der Waals surface area (Å²) in [7, 11) is 0.